The van der Waals surface area contributed by atoms with Crippen molar-refractivity contribution in [3.63, 3.8) is 0 Å². The summed E-state index contributed by atoms with van der Waals surface area (Å²) in [4.78, 5) is 12.7. The van der Waals surface area contributed by atoms with E-state index in [-0.39, 0.29) is 11.6 Å². The molecule has 0 radical (unpaired) electrons. The van der Waals surface area contributed by atoms with Gasteiger partial charge in [0.25, 0.3) is 5.91 Å². The Labute approximate surface area is 134 Å². The van der Waals surface area contributed by atoms with Gasteiger partial charge < -0.3 is 14.8 Å². The Bertz CT molecular complexity index is 632. The zero-order valence-electron chi connectivity index (χ0n) is 11.2. The fourth-order valence-electron chi connectivity index (χ4n) is 1.60. The van der Waals surface area contributed by atoms with Gasteiger partial charge in [-0.2, -0.15) is 0 Å². The van der Waals surface area contributed by atoms with Gasteiger partial charge in [0, 0.05) is 17.6 Å². The maximum Gasteiger partial charge on any atom is 0.266 e. The molecule has 0 fully saturated rings. The van der Waals surface area contributed by atoms with Crippen LogP contribution >= 0.6 is 27.3 Å². The maximum absolute atomic E-state index is 13.4. The molecular weight excluding hydrogens is 361 g/mol. The molecule has 1 amide bonds. The van der Waals surface area contributed by atoms with Crippen LogP contribution in [-0.4, -0.2) is 26.2 Å². The van der Waals surface area contributed by atoms with Crippen LogP contribution in [0.2, 0.25) is 0 Å². The topological polar surface area (TPSA) is 47.6 Å². The summed E-state index contributed by atoms with van der Waals surface area (Å²) in [5.41, 5.74) is 0.288. The van der Waals surface area contributed by atoms with Crippen molar-refractivity contribution in [3.05, 3.63) is 44.8 Å². The number of rotatable bonds is 6. The van der Waals surface area contributed by atoms with Crippen LogP contribution in [0, 0.1) is 5.82 Å². The first-order valence-electron chi connectivity index (χ1n) is 6.07. The number of thiophene rings is 1. The van der Waals surface area contributed by atoms with Crippen molar-refractivity contribution in [2.45, 2.75) is 0 Å². The number of hydrogen-bond donors (Lipinski definition) is 1. The largest absolute Gasteiger partial charge is 0.489 e. The number of benzene rings is 1. The average Bonchev–Trinajstić information content (AvgIpc) is 2.88. The smallest absolute Gasteiger partial charge is 0.266 e. The molecule has 0 atom stereocenters. The number of ether oxygens (including phenoxy) is 2. The quantitative estimate of drug-likeness (QED) is 0.780. The molecule has 0 saturated heterocycles. The van der Waals surface area contributed by atoms with E-state index >= 15 is 0 Å². The third-order valence-electron chi connectivity index (χ3n) is 2.56. The third kappa shape index (κ3) is 4.26. The van der Waals surface area contributed by atoms with Crippen LogP contribution in [0.3, 0.4) is 0 Å². The van der Waals surface area contributed by atoms with E-state index in [1.54, 1.807) is 18.6 Å². The summed E-state index contributed by atoms with van der Waals surface area (Å²) in [5.74, 6) is -0.372. The van der Waals surface area contributed by atoms with Crippen LogP contribution in [0.1, 0.15) is 9.67 Å². The number of carbonyl (C=O) groups is 1. The van der Waals surface area contributed by atoms with Gasteiger partial charge in [0.1, 0.15) is 23.1 Å². The van der Waals surface area contributed by atoms with Crippen LogP contribution in [0.5, 0.6) is 5.75 Å². The molecule has 0 aliphatic carbocycles. The van der Waals surface area contributed by atoms with E-state index < -0.39 is 5.82 Å². The number of halogens is 2. The standard InChI is InChI=1S/C14H13BrFNO3S/c1-19-5-6-20-12-3-2-9(16)8-11(12)17-14(18)13-10(15)4-7-21-13/h2-4,7-8H,5-6H2,1H3,(H,17,18). The second-order valence-corrected chi connectivity index (χ2v) is 5.80. The highest BCUT2D eigenvalue weighted by molar-refractivity contribution is 9.10. The molecule has 2 rings (SSSR count). The van der Waals surface area contributed by atoms with Crippen molar-refractivity contribution in [1.82, 2.24) is 0 Å². The number of nitrogens with one attached hydrogen (secondary N) is 1. The molecule has 0 spiro atoms. The molecule has 0 bridgehead atoms. The molecule has 21 heavy (non-hydrogen) atoms. The van der Waals surface area contributed by atoms with Crippen LogP contribution in [0.15, 0.2) is 34.1 Å². The van der Waals surface area contributed by atoms with Gasteiger partial charge in [0.15, 0.2) is 0 Å². The van der Waals surface area contributed by atoms with Crippen molar-refractivity contribution in [1.29, 1.82) is 0 Å². The minimum Gasteiger partial charge on any atom is -0.489 e. The maximum atomic E-state index is 13.4. The fraction of sp³-hybridized carbons (Fsp3) is 0.214. The van der Waals surface area contributed by atoms with Gasteiger partial charge in [-0.3, -0.25) is 4.79 Å². The van der Waals surface area contributed by atoms with E-state index in [4.69, 9.17) is 9.47 Å². The zero-order valence-corrected chi connectivity index (χ0v) is 13.6. The summed E-state index contributed by atoms with van der Waals surface area (Å²) in [6.07, 6.45) is 0. The molecule has 2 aromatic rings. The first-order chi connectivity index (χ1) is 10.1. The number of anilines is 1. The summed E-state index contributed by atoms with van der Waals surface area (Å²) in [6, 6.07) is 5.76. The first kappa shape index (κ1) is 15.9. The van der Waals surface area contributed by atoms with Crippen LogP contribution in [0.4, 0.5) is 10.1 Å². The molecule has 112 valence electrons. The molecule has 0 unspecified atom stereocenters. The SMILES string of the molecule is COCCOc1ccc(F)cc1NC(=O)c1sccc1Br. The summed E-state index contributed by atoms with van der Waals surface area (Å²) < 4.78 is 24.4. The highest BCUT2D eigenvalue weighted by Crippen LogP contribution is 2.28. The van der Waals surface area contributed by atoms with Gasteiger partial charge in [-0.05, 0) is 39.5 Å². The highest BCUT2D eigenvalue weighted by Gasteiger charge is 2.14. The lowest BCUT2D eigenvalue weighted by atomic mass is 10.2. The Balaban J connectivity index is 2.16. The minimum atomic E-state index is -0.449. The molecule has 7 heteroatoms. The number of carbonyl (C=O) groups excluding carboxylic acids is 1. The third-order valence-corrected chi connectivity index (χ3v) is 4.39. The minimum absolute atomic E-state index is 0.288. The number of methoxy groups -OCH3 is 1. The predicted molar refractivity (Wildman–Crippen MR) is 83.7 cm³/mol. The molecule has 4 nitrogen and oxygen atoms in total. The van der Waals surface area contributed by atoms with Crippen molar-refractivity contribution in [2.75, 3.05) is 25.6 Å². The zero-order chi connectivity index (χ0) is 15.2. The van der Waals surface area contributed by atoms with Gasteiger partial charge >= 0.3 is 0 Å². The molecule has 1 heterocycles. The van der Waals surface area contributed by atoms with E-state index in [9.17, 15) is 9.18 Å². The predicted octanol–water partition coefficient (Wildman–Crippen LogP) is 3.93. The Morgan fingerprint density at radius 2 is 2.19 bits per heavy atom. The second-order valence-electron chi connectivity index (χ2n) is 4.03. The molecule has 0 aliphatic rings. The van der Waals surface area contributed by atoms with Crippen molar-refractivity contribution in [2.24, 2.45) is 0 Å². The summed E-state index contributed by atoms with van der Waals surface area (Å²) in [5, 5.41) is 4.45. The lowest BCUT2D eigenvalue weighted by Crippen LogP contribution is -2.13. The Kier molecular flexibility index (Phi) is 5.72. The highest BCUT2D eigenvalue weighted by atomic mass is 79.9. The summed E-state index contributed by atoms with van der Waals surface area (Å²) >= 11 is 4.59. The fourth-order valence-corrected chi connectivity index (χ4v) is 3.04. The van der Waals surface area contributed by atoms with Gasteiger partial charge in [-0.25, -0.2) is 4.39 Å². The first-order valence-corrected chi connectivity index (χ1v) is 7.74. The van der Waals surface area contributed by atoms with E-state index in [0.29, 0.717) is 28.3 Å². The van der Waals surface area contributed by atoms with E-state index in [0.717, 1.165) is 0 Å². The molecule has 1 aromatic carbocycles. The van der Waals surface area contributed by atoms with Crippen LogP contribution in [0.25, 0.3) is 0 Å². The molecule has 1 aromatic heterocycles. The molecule has 1 N–H and O–H groups in total. The number of amides is 1. The van der Waals surface area contributed by atoms with E-state index in [2.05, 4.69) is 21.2 Å². The van der Waals surface area contributed by atoms with Gasteiger partial charge in [0.2, 0.25) is 0 Å². The van der Waals surface area contributed by atoms with Crippen molar-refractivity contribution in [3.8, 4) is 5.75 Å². The van der Waals surface area contributed by atoms with Crippen molar-refractivity contribution < 1.29 is 18.7 Å². The Hall–Kier alpha value is -1.44. The van der Waals surface area contributed by atoms with E-state index in [1.165, 1.54) is 29.5 Å². The van der Waals surface area contributed by atoms with Crippen molar-refractivity contribution >= 4 is 38.9 Å². The second kappa shape index (κ2) is 7.53. The van der Waals surface area contributed by atoms with Crippen LogP contribution < -0.4 is 10.1 Å². The monoisotopic (exact) mass is 373 g/mol. The number of hydrogen-bond acceptors (Lipinski definition) is 4. The van der Waals surface area contributed by atoms with Gasteiger partial charge in [0.05, 0.1) is 12.3 Å². The lowest BCUT2D eigenvalue weighted by Gasteiger charge is -2.12. The lowest BCUT2D eigenvalue weighted by molar-refractivity contribution is 0.102. The Morgan fingerprint density at radius 3 is 2.86 bits per heavy atom. The molecule has 0 aliphatic heterocycles. The van der Waals surface area contributed by atoms with E-state index in [1.807, 2.05) is 0 Å². The molecular formula is C14H13BrFNO3S. The Morgan fingerprint density at radius 1 is 1.38 bits per heavy atom. The summed E-state index contributed by atoms with van der Waals surface area (Å²) in [6.45, 7) is 0.717. The van der Waals surface area contributed by atoms with Gasteiger partial charge in [-0.1, -0.05) is 0 Å². The average molecular weight is 374 g/mol. The van der Waals surface area contributed by atoms with Gasteiger partial charge in [-0.15, -0.1) is 11.3 Å². The molecule has 0 saturated carbocycles. The normalized spacial score (nSPS) is 10.4. The van der Waals surface area contributed by atoms with Crippen LogP contribution in [-0.2, 0) is 4.74 Å². The summed E-state index contributed by atoms with van der Waals surface area (Å²) in [7, 11) is 1.56.